The molecule has 4 nitrogen and oxygen atoms in total. The molecule has 2 N–H and O–H groups in total. The Morgan fingerprint density at radius 1 is 1.65 bits per heavy atom. The minimum atomic E-state index is -0.623. The predicted molar refractivity (Wildman–Crippen MR) is 61.2 cm³/mol. The van der Waals surface area contributed by atoms with Crippen LogP contribution >= 0.6 is 0 Å². The Bertz CT molecular complexity index is 465. The summed E-state index contributed by atoms with van der Waals surface area (Å²) in [7, 11) is 1.55. The molecule has 0 aliphatic carbocycles. The summed E-state index contributed by atoms with van der Waals surface area (Å²) in [6, 6.07) is 5.35. The van der Waals surface area contributed by atoms with E-state index in [9.17, 15) is 9.18 Å². The van der Waals surface area contributed by atoms with Crippen LogP contribution in [0.15, 0.2) is 18.2 Å². The number of rotatable bonds is 3. The van der Waals surface area contributed by atoms with Crippen molar-refractivity contribution < 1.29 is 9.18 Å². The quantitative estimate of drug-likeness (QED) is 0.849. The zero-order valence-electron chi connectivity index (χ0n) is 9.77. The molecule has 0 bridgehead atoms. The van der Waals surface area contributed by atoms with Gasteiger partial charge in [0.15, 0.2) is 0 Å². The summed E-state index contributed by atoms with van der Waals surface area (Å²) in [5.41, 5.74) is 6.12. The standard InChI is InChI=1S/C12H14FN3O/c1-8(15)12(17)16(2)7-10-5-9(6-14)3-4-11(10)13/h3-5,8H,7,15H2,1-2H3/t8-/m1/s1. The van der Waals surface area contributed by atoms with E-state index in [2.05, 4.69) is 0 Å². The molecule has 90 valence electrons. The maximum absolute atomic E-state index is 13.5. The Morgan fingerprint density at radius 3 is 2.82 bits per heavy atom. The highest BCUT2D eigenvalue weighted by atomic mass is 19.1. The number of benzene rings is 1. The average Bonchev–Trinajstić information content (AvgIpc) is 2.30. The highest BCUT2D eigenvalue weighted by Crippen LogP contribution is 2.12. The first-order valence-corrected chi connectivity index (χ1v) is 5.14. The van der Waals surface area contributed by atoms with Gasteiger partial charge in [-0.2, -0.15) is 5.26 Å². The third-order valence-corrected chi connectivity index (χ3v) is 2.35. The first kappa shape index (κ1) is 13.1. The lowest BCUT2D eigenvalue weighted by atomic mass is 10.1. The van der Waals surface area contributed by atoms with Gasteiger partial charge in [0.05, 0.1) is 17.7 Å². The molecule has 5 heteroatoms. The van der Waals surface area contributed by atoms with E-state index >= 15 is 0 Å². The first-order valence-electron chi connectivity index (χ1n) is 5.14. The number of halogens is 1. The number of nitriles is 1. The van der Waals surface area contributed by atoms with Gasteiger partial charge in [-0.05, 0) is 25.1 Å². The fraction of sp³-hybridized carbons (Fsp3) is 0.333. The van der Waals surface area contributed by atoms with Crippen molar-refractivity contribution in [2.75, 3.05) is 7.05 Å². The summed E-state index contributed by atoms with van der Waals surface area (Å²) in [5.74, 6) is -0.708. The van der Waals surface area contributed by atoms with E-state index in [4.69, 9.17) is 11.0 Å². The Labute approximate surface area is 99.4 Å². The number of hydrogen-bond donors (Lipinski definition) is 1. The molecule has 0 radical (unpaired) electrons. The highest BCUT2D eigenvalue weighted by Gasteiger charge is 2.15. The van der Waals surface area contributed by atoms with E-state index in [0.717, 1.165) is 0 Å². The number of amides is 1. The van der Waals surface area contributed by atoms with Crippen molar-refractivity contribution in [3.8, 4) is 6.07 Å². The number of nitrogens with two attached hydrogens (primary N) is 1. The zero-order chi connectivity index (χ0) is 13.0. The van der Waals surface area contributed by atoms with Crippen LogP contribution in [0.25, 0.3) is 0 Å². The lowest BCUT2D eigenvalue weighted by molar-refractivity contribution is -0.131. The molecule has 0 spiro atoms. The summed E-state index contributed by atoms with van der Waals surface area (Å²) in [6.45, 7) is 1.67. The van der Waals surface area contributed by atoms with E-state index in [1.54, 1.807) is 14.0 Å². The van der Waals surface area contributed by atoms with Crippen molar-refractivity contribution in [2.45, 2.75) is 19.5 Å². The molecule has 1 aromatic rings. The molecular weight excluding hydrogens is 221 g/mol. The van der Waals surface area contributed by atoms with Gasteiger partial charge >= 0.3 is 0 Å². The lowest BCUT2D eigenvalue weighted by Gasteiger charge is -2.19. The van der Waals surface area contributed by atoms with Crippen LogP contribution in [0.1, 0.15) is 18.1 Å². The molecule has 0 saturated heterocycles. The number of nitrogens with zero attached hydrogens (tertiary/aromatic N) is 2. The molecule has 1 amide bonds. The molecule has 0 fully saturated rings. The van der Waals surface area contributed by atoms with Crippen LogP contribution in [0, 0.1) is 17.1 Å². The SMILES string of the molecule is C[C@@H](N)C(=O)N(C)Cc1cc(C#N)ccc1F. The van der Waals surface area contributed by atoms with Crippen molar-refractivity contribution in [3.63, 3.8) is 0 Å². The second kappa shape index (κ2) is 5.41. The third-order valence-electron chi connectivity index (χ3n) is 2.35. The summed E-state index contributed by atoms with van der Waals surface area (Å²) in [5, 5.41) is 8.71. The largest absolute Gasteiger partial charge is 0.340 e. The normalized spacial score (nSPS) is 11.7. The number of hydrogen-bond acceptors (Lipinski definition) is 3. The Hall–Kier alpha value is -1.93. The predicted octanol–water partition coefficient (Wildman–Crippen LogP) is 1.00. The minimum Gasteiger partial charge on any atom is -0.340 e. The monoisotopic (exact) mass is 235 g/mol. The van der Waals surface area contributed by atoms with Crippen molar-refractivity contribution in [1.29, 1.82) is 5.26 Å². The summed E-state index contributed by atoms with van der Waals surface area (Å²) >= 11 is 0. The molecule has 0 aromatic heterocycles. The smallest absolute Gasteiger partial charge is 0.239 e. The topological polar surface area (TPSA) is 70.1 Å². The molecule has 1 aromatic carbocycles. The van der Waals surface area contributed by atoms with Crippen LogP contribution in [0.4, 0.5) is 4.39 Å². The van der Waals surface area contributed by atoms with E-state index in [1.807, 2.05) is 6.07 Å². The molecule has 0 aliphatic rings. The Morgan fingerprint density at radius 2 is 2.29 bits per heavy atom. The summed E-state index contributed by atoms with van der Waals surface area (Å²) < 4.78 is 13.5. The molecule has 1 rings (SSSR count). The fourth-order valence-electron chi connectivity index (χ4n) is 1.45. The highest BCUT2D eigenvalue weighted by molar-refractivity contribution is 5.80. The van der Waals surface area contributed by atoms with Gasteiger partial charge in [0, 0.05) is 19.2 Å². The molecule has 17 heavy (non-hydrogen) atoms. The molecule has 0 saturated carbocycles. The van der Waals surface area contributed by atoms with Crippen LogP contribution in [-0.2, 0) is 11.3 Å². The molecule has 0 aliphatic heterocycles. The Balaban J connectivity index is 2.88. The van der Waals surface area contributed by atoms with Crippen molar-refractivity contribution in [3.05, 3.63) is 35.1 Å². The van der Waals surface area contributed by atoms with Gasteiger partial charge in [-0.3, -0.25) is 4.79 Å². The number of carbonyl (C=O) groups excluding carboxylic acids is 1. The maximum Gasteiger partial charge on any atom is 0.239 e. The lowest BCUT2D eigenvalue weighted by Crippen LogP contribution is -2.39. The van der Waals surface area contributed by atoms with Crippen LogP contribution in [0.3, 0.4) is 0 Å². The van der Waals surface area contributed by atoms with Crippen LogP contribution in [-0.4, -0.2) is 23.9 Å². The fourth-order valence-corrected chi connectivity index (χ4v) is 1.45. The minimum absolute atomic E-state index is 0.0989. The molecule has 1 atom stereocenters. The van der Waals surface area contributed by atoms with E-state index in [1.165, 1.54) is 23.1 Å². The van der Waals surface area contributed by atoms with Gasteiger partial charge in [-0.15, -0.1) is 0 Å². The van der Waals surface area contributed by atoms with Crippen LogP contribution in [0.2, 0.25) is 0 Å². The van der Waals surface area contributed by atoms with Gasteiger partial charge in [-0.1, -0.05) is 0 Å². The van der Waals surface area contributed by atoms with Crippen LogP contribution < -0.4 is 5.73 Å². The summed E-state index contributed by atoms with van der Waals surface area (Å²) in [4.78, 5) is 12.9. The first-order chi connectivity index (χ1) is 7.95. The maximum atomic E-state index is 13.5. The molecule has 0 unspecified atom stereocenters. The number of likely N-dealkylation sites (N-methyl/N-ethyl adjacent to an activating group) is 1. The van der Waals surface area contributed by atoms with Crippen molar-refractivity contribution >= 4 is 5.91 Å². The second-order valence-electron chi connectivity index (χ2n) is 3.90. The van der Waals surface area contributed by atoms with E-state index in [-0.39, 0.29) is 12.5 Å². The third kappa shape index (κ3) is 3.26. The van der Waals surface area contributed by atoms with Gasteiger partial charge in [0.2, 0.25) is 5.91 Å². The summed E-state index contributed by atoms with van der Waals surface area (Å²) in [6.07, 6.45) is 0. The van der Waals surface area contributed by atoms with Crippen molar-refractivity contribution in [1.82, 2.24) is 4.90 Å². The van der Waals surface area contributed by atoms with Crippen LogP contribution in [0.5, 0.6) is 0 Å². The molecule has 0 heterocycles. The average molecular weight is 235 g/mol. The van der Waals surface area contributed by atoms with E-state index < -0.39 is 11.9 Å². The van der Waals surface area contributed by atoms with Gasteiger partial charge < -0.3 is 10.6 Å². The molecular formula is C12H14FN3O. The second-order valence-corrected chi connectivity index (χ2v) is 3.90. The number of carbonyl (C=O) groups is 1. The van der Waals surface area contributed by atoms with Gasteiger partial charge in [0.1, 0.15) is 5.82 Å². The van der Waals surface area contributed by atoms with E-state index in [0.29, 0.717) is 11.1 Å². The van der Waals surface area contributed by atoms with Gasteiger partial charge in [0.25, 0.3) is 0 Å². The zero-order valence-corrected chi connectivity index (χ0v) is 9.77. The van der Waals surface area contributed by atoms with Gasteiger partial charge in [-0.25, -0.2) is 4.39 Å². The van der Waals surface area contributed by atoms with Crippen molar-refractivity contribution in [2.24, 2.45) is 5.73 Å². The Kier molecular flexibility index (Phi) is 4.18.